The lowest BCUT2D eigenvalue weighted by atomic mass is 9.33. The van der Waals surface area contributed by atoms with Crippen molar-refractivity contribution in [3.8, 4) is 0 Å². The third-order valence-corrected chi connectivity index (χ3v) is 13.6. The molecule has 0 spiro atoms. The fraction of sp³-hybridized carbons (Fsp3) is 0.824. The molecule has 0 aromatic rings. The molecule has 0 aromatic heterocycles. The summed E-state index contributed by atoms with van der Waals surface area (Å²) in [6, 6.07) is 0. The van der Waals surface area contributed by atoms with Crippen LogP contribution in [0.1, 0.15) is 120 Å². The molecule has 0 aromatic carbocycles. The molecule has 4 nitrogen and oxygen atoms in total. The van der Waals surface area contributed by atoms with E-state index < -0.39 is 11.9 Å². The van der Waals surface area contributed by atoms with Crippen LogP contribution in [0.15, 0.2) is 23.8 Å². The van der Waals surface area contributed by atoms with Gasteiger partial charge in [0.1, 0.15) is 6.10 Å². The van der Waals surface area contributed by atoms with Crippen LogP contribution in [-0.2, 0) is 14.3 Å². The Hall–Kier alpha value is -1.58. The predicted molar refractivity (Wildman–Crippen MR) is 151 cm³/mol. The Balaban J connectivity index is 1.45. The zero-order valence-corrected chi connectivity index (χ0v) is 25.3. The number of carboxylic acids is 1. The number of hydrogen-bond acceptors (Lipinski definition) is 3. The summed E-state index contributed by atoms with van der Waals surface area (Å²) in [5.74, 6) is 0.171. The van der Waals surface area contributed by atoms with E-state index in [1.54, 1.807) is 0 Å². The molecular formula is C34H52O4. The van der Waals surface area contributed by atoms with Crippen LogP contribution in [0.2, 0.25) is 0 Å². The quantitative estimate of drug-likeness (QED) is 0.229. The number of carbonyl (C=O) groups is 2. The molecule has 1 N–H and O–H groups in total. The fourth-order valence-electron chi connectivity index (χ4n) is 11.0. The Labute approximate surface area is 231 Å². The first-order chi connectivity index (χ1) is 17.5. The largest absolute Gasteiger partial charge is 0.478 e. The van der Waals surface area contributed by atoms with Gasteiger partial charge in [-0.1, -0.05) is 67.0 Å². The monoisotopic (exact) mass is 524 g/mol. The van der Waals surface area contributed by atoms with E-state index in [4.69, 9.17) is 9.84 Å². The van der Waals surface area contributed by atoms with Crippen molar-refractivity contribution in [2.75, 3.05) is 0 Å². The van der Waals surface area contributed by atoms with Crippen molar-refractivity contribution in [1.29, 1.82) is 0 Å². The molecule has 3 unspecified atom stereocenters. The minimum Gasteiger partial charge on any atom is -0.478 e. The smallest absolute Gasteiger partial charge is 0.331 e. The standard InChI is InChI=1S/C34H52O4/c1-29(2)17-18-31(5)19-20-33(7)22(23(31)21-29)9-10-25-32(6)15-14-26(38-28(37)12-11-27(35)36)30(3,4)24(32)13-16-34(25,33)8/h9,11-12,23-26H,10,13-21H2,1-8H3,(H,35,36)/b12-11+/t23?,24?,25?,26-,31+,32-,33+,34+/m0/s1. The highest BCUT2D eigenvalue weighted by Crippen LogP contribution is 2.75. The highest BCUT2D eigenvalue weighted by Gasteiger charge is 2.68. The predicted octanol–water partition coefficient (Wildman–Crippen LogP) is 8.36. The molecule has 0 aliphatic heterocycles. The Morgan fingerprint density at radius 1 is 0.868 bits per heavy atom. The zero-order valence-electron chi connectivity index (χ0n) is 25.3. The number of esters is 1. The molecule has 0 heterocycles. The highest BCUT2D eigenvalue weighted by atomic mass is 16.5. The molecular weight excluding hydrogens is 472 g/mol. The zero-order chi connectivity index (χ0) is 27.9. The van der Waals surface area contributed by atoms with E-state index in [0.29, 0.717) is 22.7 Å². The summed E-state index contributed by atoms with van der Waals surface area (Å²) < 4.78 is 5.91. The second-order valence-corrected chi connectivity index (χ2v) is 16.3. The lowest BCUT2D eigenvalue weighted by Crippen LogP contribution is -2.64. The number of fused-ring (bicyclic) bond motifs is 7. The fourth-order valence-corrected chi connectivity index (χ4v) is 11.0. The number of carboxylic acid groups (broad SMARTS) is 1. The van der Waals surface area contributed by atoms with Gasteiger partial charge in [0.15, 0.2) is 0 Å². The van der Waals surface area contributed by atoms with Crippen LogP contribution >= 0.6 is 0 Å². The van der Waals surface area contributed by atoms with E-state index in [0.717, 1.165) is 30.9 Å². The van der Waals surface area contributed by atoms with Gasteiger partial charge in [-0.05, 0) is 109 Å². The van der Waals surface area contributed by atoms with Crippen molar-refractivity contribution in [2.24, 2.45) is 50.2 Å². The Bertz CT molecular complexity index is 1070. The van der Waals surface area contributed by atoms with Crippen molar-refractivity contribution in [3.05, 3.63) is 23.8 Å². The van der Waals surface area contributed by atoms with Crippen molar-refractivity contribution >= 4 is 11.9 Å². The number of ether oxygens (including phenoxy) is 1. The van der Waals surface area contributed by atoms with Crippen LogP contribution in [0.4, 0.5) is 0 Å². The van der Waals surface area contributed by atoms with E-state index in [1.807, 2.05) is 5.57 Å². The maximum absolute atomic E-state index is 12.4. The molecule has 4 saturated carbocycles. The number of carbonyl (C=O) groups excluding carboxylic acids is 1. The number of aliphatic carboxylic acids is 1. The topological polar surface area (TPSA) is 63.6 Å². The van der Waals surface area contributed by atoms with Gasteiger partial charge in [-0.25, -0.2) is 9.59 Å². The van der Waals surface area contributed by atoms with Gasteiger partial charge in [-0.15, -0.1) is 0 Å². The molecule has 0 radical (unpaired) electrons. The van der Waals surface area contributed by atoms with E-state index in [9.17, 15) is 9.59 Å². The molecule has 5 aliphatic rings. The molecule has 0 bridgehead atoms. The molecule has 4 fully saturated rings. The Kier molecular flexibility index (Phi) is 6.41. The van der Waals surface area contributed by atoms with Gasteiger partial charge < -0.3 is 9.84 Å². The summed E-state index contributed by atoms with van der Waals surface area (Å²) in [5, 5.41) is 8.90. The summed E-state index contributed by atoms with van der Waals surface area (Å²) in [6.07, 6.45) is 16.7. The molecule has 5 aliphatic carbocycles. The average Bonchev–Trinajstić information content (AvgIpc) is 2.81. The third-order valence-electron chi connectivity index (χ3n) is 13.6. The summed E-state index contributed by atoms with van der Waals surface area (Å²) in [6.45, 7) is 20.0. The van der Waals surface area contributed by atoms with Crippen LogP contribution in [0, 0.1) is 50.2 Å². The first-order valence-corrected chi connectivity index (χ1v) is 15.3. The normalized spacial score (nSPS) is 47.1. The van der Waals surface area contributed by atoms with Crippen molar-refractivity contribution in [1.82, 2.24) is 0 Å². The number of rotatable bonds is 3. The number of allylic oxidation sites excluding steroid dienone is 2. The highest BCUT2D eigenvalue weighted by molar-refractivity contribution is 5.90. The first kappa shape index (κ1) is 28.0. The minimum atomic E-state index is -1.12. The second-order valence-electron chi connectivity index (χ2n) is 16.3. The van der Waals surface area contributed by atoms with E-state index in [2.05, 4.69) is 61.5 Å². The molecule has 0 amide bonds. The molecule has 8 atom stereocenters. The lowest BCUT2D eigenvalue weighted by Gasteiger charge is -2.71. The van der Waals surface area contributed by atoms with E-state index in [1.165, 1.54) is 51.4 Å². The SMILES string of the molecule is CC1(C)CC[C@]2(C)CC[C@]3(C)C(=CCC4[C@@]5(C)CC[C@H](OC(=O)/C=C/C(=O)O)C(C)(C)C5CC[C@]43C)C2C1. The summed E-state index contributed by atoms with van der Waals surface area (Å²) in [5.41, 5.74) is 3.31. The molecule has 4 heteroatoms. The summed E-state index contributed by atoms with van der Waals surface area (Å²) in [7, 11) is 0. The lowest BCUT2D eigenvalue weighted by molar-refractivity contribution is -0.210. The minimum absolute atomic E-state index is 0.148. The molecule has 38 heavy (non-hydrogen) atoms. The van der Waals surface area contributed by atoms with Gasteiger partial charge in [-0.3, -0.25) is 0 Å². The van der Waals surface area contributed by atoms with Crippen molar-refractivity contribution in [3.63, 3.8) is 0 Å². The van der Waals surface area contributed by atoms with Gasteiger partial charge in [0.25, 0.3) is 0 Å². The summed E-state index contributed by atoms with van der Waals surface area (Å²) in [4.78, 5) is 23.3. The first-order valence-electron chi connectivity index (χ1n) is 15.3. The van der Waals surface area contributed by atoms with Gasteiger partial charge in [0.2, 0.25) is 0 Å². The molecule has 212 valence electrons. The Morgan fingerprint density at radius 3 is 2.24 bits per heavy atom. The van der Waals surface area contributed by atoms with E-state index in [-0.39, 0.29) is 27.8 Å². The van der Waals surface area contributed by atoms with Gasteiger partial charge >= 0.3 is 11.9 Å². The summed E-state index contributed by atoms with van der Waals surface area (Å²) >= 11 is 0. The van der Waals surface area contributed by atoms with Gasteiger partial charge in [-0.2, -0.15) is 0 Å². The van der Waals surface area contributed by atoms with Gasteiger partial charge in [0.05, 0.1) is 0 Å². The van der Waals surface area contributed by atoms with Crippen LogP contribution in [-0.4, -0.2) is 23.1 Å². The van der Waals surface area contributed by atoms with Crippen LogP contribution in [0.25, 0.3) is 0 Å². The Morgan fingerprint density at radius 2 is 1.55 bits per heavy atom. The maximum Gasteiger partial charge on any atom is 0.331 e. The van der Waals surface area contributed by atoms with Crippen LogP contribution in [0.3, 0.4) is 0 Å². The average molecular weight is 525 g/mol. The van der Waals surface area contributed by atoms with Crippen LogP contribution < -0.4 is 0 Å². The number of hydrogen-bond donors (Lipinski definition) is 1. The second kappa shape index (κ2) is 8.71. The third kappa shape index (κ3) is 3.97. The van der Waals surface area contributed by atoms with Crippen LogP contribution in [0.5, 0.6) is 0 Å². The van der Waals surface area contributed by atoms with Crippen molar-refractivity contribution in [2.45, 2.75) is 126 Å². The maximum atomic E-state index is 12.4. The van der Waals surface area contributed by atoms with Gasteiger partial charge in [0, 0.05) is 17.6 Å². The van der Waals surface area contributed by atoms with Crippen molar-refractivity contribution < 1.29 is 19.4 Å². The molecule has 0 saturated heterocycles. The van der Waals surface area contributed by atoms with E-state index >= 15 is 0 Å². The molecule has 5 rings (SSSR count).